The second-order valence-corrected chi connectivity index (χ2v) is 6.88. The number of benzene rings is 2. The molecule has 28 heavy (non-hydrogen) atoms. The number of methoxy groups -OCH3 is 2. The lowest BCUT2D eigenvalue weighted by molar-refractivity contribution is -0.385. The number of nitrogens with zero attached hydrogens (tertiary/aromatic N) is 2. The van der Waals surface area contributed by atoms with Crippen LogP contribution in [0.2, 0.25) is 0 Å². The number of carbonyl (C=O) groups excluding carboxylic acids is 1. The molecule has 0 bridgehead atoms. The highest BCUT2D eigenvalue weighted by Gasteiger charge is 2.25. The standard InChI is InChI=1S/C19H17N3O5S/c1-11-4-6-15(26-2)13(8-11)20-19-21-18(23)17(28-19)10-12-5-7-16(27-3)14(9-12)22(24)25/h4-10H,1-3H3,(H,20,21,23)/b17-10-. The summed E-state index contributed by atoms with van der Waals surface area (Å²) in [7, 11) is 2.92. The molecule has 0 atom stereocenters. The van der Waals surface area contributed by atoms with Gasteiger partial charge in [0, 0.05) is 6.07 Å². The number of carbonyl (C=O) groups is 1. The molecule has 2 aromatic rings. The van der Waals surface area contributed by atoms with E-state index in [1.807, 2.05) is 25.1 Å². The first-order valence-corrected chi connectivity index (χ1v) is 8.99. The van der Waals surface area contributed by atoms with Crippen molar-refractivity contribution < 1.29 is 19.2 Å². The molecule has 1 aliphatic rings. The highest BCUT2D eigenvalue weighted by molar-refractivity contribution is 8.18. The fourth-order valence-corrected chi connectivity index (χ4v) is 3.40. The smallest absolute Gasteiger partial charge is 0.311 e. The van der Waals surface area contributed by atoms with Gasteiger partial charge >= 0.3 is 5.69 Å². The minimum absolute atomic E-state index is 0.157. The van der Waals surface area contributed by atoms with Gasteiger partial charge in [0.2, 0.25) is 0 Å². The summed E-state index contributed by atoms with van der Waals surface area (Å²) in [6.07, 6.45) is 1.57. The second kappa shape index (κ2) is 8.13. The van der Waals surface area contributed by atoms with E-state index in [4.69, 9.17) is 9.47 Å². The maximum Gasteiger partial charge on any atom is 0.311 e. The zero-order valence-corrected chi connectivity index (χ0v) is 16.2. The van der Waals surface area contributed by atoms with Crippen LogP contribution in [0.25, 0.3) is 6.08 Å². The first-order valence-electron chi connectivity index (χ1n) is 8.18. The third-order valence-electron chi connectivity index (χ3n) is 3.90. The number of nitrogens with one attached hydrogen (secondary N) is 1. The molecular formula is C19H17N3O5S. The Hall–Kier alpha value is -3.33. The van der Waals surface area contributed by atoms with Crippen LogP contribution in [0.3, 0.4) is 0 Å². The van der Waals surface area contributed by atoms with Gasteiger partial charge < -0.3 is 14.8 Å². The molecule has 0 spiro atoms. The Balaban J connectivity index is 1.90. The summed E-state index contributed by atoms with van der Waals surface area (Å²) in [6, 6.07) is 10.1. The maximum absolute atomic E-state index is 12.3. The van der Waals surface area contributed by atoms with Gasteiger partial charge in [0.1, 0.15) is 11.4 Å². The Morgan fingerprint density at radius 2 is 1.86 bits per heavy atom. The number of aryl methyl sites for hydroxylation is 1. The summed E-state index contributed by atoms with van der Waals surface area (Å²) >= 11 is 1.15. The first-order chi connectivity index (χ1) is 13.4. The van der Waals surface area contributed by atoms with Gasteiger partial charge in [-0.05, 0) is 54.1 Å². The van der Waals surface area contributed by atoms with E-state index in [0.29, 0.717) is 27.1 Å². The minimum Gasteiger partial charge on any atom is -0.494 e. The molecule has 1 aliphatic heterocycles. The van der Waals surface area contributed by atoms with Crippen molar-refractivity contribution in [2.45, 2.75) is 6.92 Å². The third kappa shape index (κ3) is 4.15. The van der Waals surface area contributed by atoms with E-state index in [0.717, 1.165) is 17.3 Å². The highest BCUT2D eigenvalue weighted by atomic mass is 32.2. The summed E-state index contributed by atoms with van der Waals surface area (Å²) < 4.78 is 10.3. The van der Waals surface area contributed by atoms with E-state index >= 15 is 0 Å². The van der Waals surface area contributed by atoms with Crippen LogP contribution < -0.4 is 14.8 Å². The molecule has 0 saturated carbocycles. The van der Waals surface area contributed by atoms with Crippen LogP contribution in [0.15, 0.2) is 46.3 Å². The lowest BCUT2D eigenvalue weighted by atomic mass is 10.1. The minimum atomic E-state index is -0.528. The van der Waals surface area contributed by atoms with Crippen LogP contribution in [0, 0.1) is 17.0 Å². The van der Waals surface area contributed by atoms with Gasteiger partial charge in [-0.25, -0.2) is 4.99 Å². The van der Waals surface area contributed by atoms with E-state index in [1.54, 1.807) is 19.3 Å². The van der Waals surface area contributed by atoms with E-state index in [9.17, 15) is 14.9 Å². The highest BCUT2D eigenvalue weighted by Crippen LogP contribution is 2.34. The maximum atomic E-state index is 12.3. The van der Waals surface area contributed by atoms with E-state index < -0.39 is 4.92 Å². The Morgan fingerprint density at radius 3 is 2.54 bits per heavy atom. The second-order valence-electron chi connectivity index (χ2n) is 5.85. The average molecular weight is 399 g/mol. The van der Waals surface area contributed by atoms with E-state index in [1.165, 1.54) is 19.2 Å². The average Bonchev–Trinajstić information content (AvgIpc) is 3.00. The number of nitro benzene ring substituents is 1. The summed E-state index contributed by atoms with van der Waals surface area (Å²) in [4.78, 5) is 27.7. The van der Waals surface area contributed by atoms with Crippen molar-refractivity contribution in [2.24, 2.45) is 4.99 Å². The fraction of sp³-hybridized carbons (Fsp3) is 0.158. The molecule has 0 aromatic heterocycles. The van der Waals surface area contributed by atoms with Crippen LogP contribution in [0.5, 0.6) is 11.5 Å². The first kappa shape index (κ1) is 19.4. The van der Waals surface area contributed by atoms with Crippen molar-refractivity contribution in [1.82, 2.24) is 5.32 Å². The molecule has 1 heterocycles. The number of nitro groups is 1. The molecule has 8 nitrogen and oxygen atoms in total. The van der Waals surface area contributed by atoms with Crippen LogP contribution in [-0.4, -0.2) is 30.2 Å². The summed E-state index contributed by atoms with van der Waals surface area (Å²) in [5.74, 6) is 0.425. The van der Waals surface area contributed by atoms with Crippen LogP contribution in [0.4, 0.5) is 11.4 Å². The number of aliphatic imine (C=N–C) groups is 1. The molecule has 0 aliphatic carbocycles. The monoisotopic (exact) mass is 399 g/mol. The molecule has 0 radical (unpaired) electrons. The zero-order chi connectivity index (χ0) is 20.3. The number of hydrogen-bond donors (Lipinski definition) is 1. The van der Waals surface area contributed by atoms with Gasteiger partial charge in [0.25, 0.3) is 5.91 Å². The van der Waals surface area contributed by atoms with Gasteiger partial charge in [0.05, 0.1) is 24.0 Å². The largest absolute Gasteiger partial charge is 0.494 e. The van der Waals surface area contributed by atoms with Crippen LogP contribution in [0.1, 0.15) is 11.1 Å². The Morgan fingerprint density at radius 1 is 1.14 bits per heavy atom. The van der Waals surface area contributed by atoms with Gasteiger partial charge in [-0.3, -0.25) is 14.9 Å². The van der Waals surface area contributed by atoms with Gasteiger partial charge in [-0.15, -0.1) is 0 Å². The van der Waals surface area contributed by atoms with Crippen molar-refractivity contribution in [3.8, 4) is 11.5 Å². The summed E-state index contributed by atoms with van der Waals surface area (Å²) in [5, 5.41) is 14.3. The lowest BCUT2D eigenvalue weighted by Crippen LogP contribution is -2.19. The normalized spacial score (nSPS) is 16.3. The Kier molecular flexibility index (Phi) is 5.65. The number of thioether (sulfide) groups is 1. The molecule has 2 aromatic carbocycles. The van der Waals surface area contributed by atoms with Crippen molar-refractivity contribution in [3.63, 3.8) is 0 Å². The molecule has 144 valence electrons. The fourth-order valence-electron chi connectivity index (χ4n) is 2.57. The number of amidine groups is 1. The third-order valence-corrected chi connectivity index (χ3v) is 4.81. The lowest BCUT2D eigenvalue weighted by Gasteiger charge is -2.05. The number of rotatable bonds is 5. The van der Waals surface area contributed by atoms with Crippen molar-refractivity contribution in [2.75, 3.05) is 14.2 Å². The topological polar surface area (TPSA) is 103 Å². The van der Waals surface area contributed by atoms with Gasteiger partial charge in [-0.1, -0.05) is 12.1 Å². The zero-order valence-electron chi connectivity index (χ0n) is 15.4. The van der Waals surface area contributed by atoms with Crippen molar-refractivity contribution in [3.05, 3.63) is 62.5 Å². The molecule has 1 N–H and O–H groups in total. The van der Waals surface area contributed by atoms with E-state index in [2.05, 4.69) is 10.3 Å². The van der Waals surface area contributed by atoms with Crippen LogP contribution >= 0.6 is 11.8 Å². The Labute approximate surface area is 165 Å². The van der Waals surface area contributed by atoms with Crippen molar-refractivity contribution >= 4 is 40.3 Å². The molecule has 0 unspecified atom stereocenters. The molecule has 1 saturated heterocycles. The van der Waals surface area contributed by atoms with Crippen molar-refractivity contribution in [1.29, 1.82) is 0 Å². The summed E-state index contributed by atoms with van der Waals surface area (Å²) in [5.41, 5.74) is 1.96. The predicted molar refractivity (Wildman–Crippen MR) is 108 cm³/mol. The molecule has 3 rings (SSSR count). The SMILES string of the molecule is COc1ccc(C)cc1N=C1NC(=O)/C(=C/c2ccc(OC)c([N+](=O)[O-])c2)S1. The number of amides is 1. The van der Waals surface area contributed by atoms with E-state index in [-0.39, 0.29) is 17.3 Å². The number of ether oxygens (including phenoxy) is 2. The summed E-state index contributed by atoms with van der Waals surface area (Å²) in [6.45, 7) is 1.94. The Bertz CT molecular complexity index is 1020. The van der Waals surface area contributed by atoms with Gasteiger partial charge in [-0.2, -0.15) is 0 Å². The predicted octanol–water partition coefficient (Wildman–Crippen LogP) is 3.81. The molecule has 9 heteroatoms. The van der Waals surface area contributed by atoms with Crippen LogP contribution in [-0.2, 0) is 4.79 Å². The number of hydrogen-bond acceptors (Lipinski definition) is 7. The quantitative estimate of drug-likeness (QED) is 0.466. The molecule has 1 fully saturated rings. The van der Waals surface area contributed by atoms with Gasteiger partial charge in [0.15, 0.2) is 10.9 Å². The molecular weight excluding hydrogens is 382 g/mol. The molecule has 1 amide bonds.